The molecule has 35 heavy (non-hydrogen) atoms. The zero-order chi connectivity index (χ0) is 25.4. The van der Waals surface area contributed by atoms with Gasteiger partial charge in [-0.05, 0) is 36.6 Å². The van der Waals surface area contributed by atoms with Crippen molar-refractivity contribution in [2.45, 2.75) is 32.5 Å². The van der Waals surface area contributed by atoms with Crippen LogP contribution in [0.15, 0.2) is 48.5 Å². The third kappa shape index (κ3) is 7.27. The molecule has 1 aliphatic heterocycles. The molecule has 190 valence electrons. The smallest absolute Gasteiger partial charge is 0.257 e. The van der Waals surface area contributed by atoms with E-state index in [0.29, 0.717) is 30.2 Å². The van der Waals surface area contributed by atoms with E-state index < -0.39 is 0 Å². The summed E-state index contributed by atoms with van der Waals surface area (Å²) in [6, 6.07) is 15.6. The summed E-state index contributed by atoms with van der Waals surface area (Å²) in [5, 5.41) is 2.76. The maximum Gasteiger partial charge on any atom is 0.257 e. The summed E-state index contributed by atoms with van der Waals surface area (Å²) < 4.78 is 16.9. The number of nitrogens with one attached hydrogen (secondary N) is 1. The maximum absolute atomic E-state index is 13.4. The van der Waals surface area contributed by atoms with E-state index in [-0.39, 0.29) is 36.5 Å². The van der Waals surface area contributed by atoms with Crippen LogP contribution in [-0.4, -0.2) is 81.3 Å². The Morgan fingerprint density at radius 2 is 1.86 bits per heavy atom. The van der Waals surface area contributed by atoms with Gasteiger partial charge in [-0.25, -0.2) is 0 Å². The number of carbonyl (C=O) groups excluding carboxylic acids is 2. The van der Waals surface area contributed by atoms with Crippen LogP contribution in [0.25, 0.3) is 0 Å². The van der Waals surface area contributed by atoms with Crippen molar-refractivity contribution in [2.24, 2.45) is 5.92 Å². The highest BCUT2D eigenvalue weighted by atomic mass is 16.5. The molecule has 8 heteroatoms. The molecule has 2 aromatic rings. The van der Waals surface area contributed by atoms with Crippen LogP contribution in [0.1, 0.15) is 29.8 Å². The first-order valence-electron chi connectivity index (χ1n) is 11.9. The number of nitrogens with zero attached hydrogens (tertiary/aromatic N) is 2. The van der Waals surface area contributed by atoms with Crippen LogP contribution >= 0.6 is 0 Å². The van der Waals surface area contributed by atoms with Gasteiger partial charge in [-0.1, -0.05) is 37.3 Å². The van der Waals surface area contributed by atoms with E-state index in [1.165, 1.54) is 12.7 Å². The first-order chi connectivity index (χ1) is 16.8. The molecule has 0 saturated carbocycles. The highest BCUT2D eigenvalue weighted by Crippen LogP contribution is 2.27. The van der Waals surface area contributed by atoms with E-state index in [1.807, 2.05) is 18.2 Å². The molecule has 2 amide bonds. The van der Waals surface area contributed by atoms with Crippen molar-refractivity contribution in [1.29, 1.82) is 0 Å². The molecule has 3 rings (SSSR count). The van der Waals surface area contributed by atoms with Crippen LogP contribution in [0.3, 0.4) is 0 Å². The van der Waals surface area contributed by atoms with Crippen LogP contribution in [0.4, 0.5) is 5.69 Å². The fourth-order valence-electron chi connectivity index (χ4n) is 4.30. The number of methoxy groups -OCH3 is 2. The van der Waals surface area contributed by atoms with E-state index in [2.05, 4.69) is 36.2 Å². The average Bonchev–Trinajstić information content (AvgIpc) is 2.85. The predicted molar refractivity (Wildman–Crippen MR) is 136 cm³/mol. The van der Waals surface area contributed by atoms with Crippen LogP contribution in [0.5, 0.6) is 5.75 Å². The summed E-state index contributed by atoms with van der Waals surface area (Å²) in [5.74, 6) is 0.188. The first kappa shape index (κ1) is 26.7. The molecule has 0 bridgehead atoms. The minimum Gasteiger partial charge on any atom is -0.491 e. The summed E-state index contributed by atoms with van der Waals surface area (Å²) in [6.07, 6.45) is -0.136. The monoisotopic (exact) mass is 483 g/mol. The molecule has 0 fully saturated rings. The zero-order valence-corrected chi connectivity index (χ0v) is 21.3. The van der Waals surface area contributed by atoms with Gasteiger partial charge in [0.05, 0.1) is 11.7 Å². The maximum atomic E-state index is 13.4. The molecule has 3 atom stereocenters. The van der Waals surface area contributed by atoms with Crippen LogP contribution in [-0.2, 0) is 20.8 Å². The number of hydrogen-bond acceptors (Lipinski definition) is 6. The Morgan fingerprint density at radius 1 is 1.11 bits per heavy atom. The van der Waals surface area contributed by atoms with Gasteiger partial charge in [0.2, 0.25) is 5.91 Å². The normalized spacial score (nSPS) is 21.9. The first-order valence-corrected chi connectivity index (χ1v) is 11.9. The van der Waals surface area contributed by atoms with E-state index in [4.69, 9.17) is 14.2 Å². The van der Waals surface area contributed by atoms with Gasteiger partial charge in [-0.2, -0.15) is 0 Å². The van der Waals surface area contributed by atoms with E-state index >= 15 is 0 Å². The van der Waals surface area contributed by atoms with Crippen LogP contribution in [0, 0.1) is 5.92 Å². The predicted octanol–water partition coefficient (Wildman–Crippen LogP) is 3.28. The van der Waals surface area contributed by atoms with E-state index in [1.54, 1.807) is 37.3 Å². The lowest BCUT2D eigenvalue weighted by Gasteiger charge is -2.36. The molecular weight excluding hydrogens is 446 g/mol. The van der Waals surface area contributed by atoms with Crippen LogP contribution < -0.4 is 10.1 Å². The molecule has 0 aromatic heterocycles. The molecule has 1 N–H and O–H groups in total. The van der Waals surface area contributed by atoms with E-state index in [0.717, 1.165) is 13.1 Å². The molecule has 0 unspecified atom stereocenters. The van der Waals surface area contributed by atoms with Gasteiger partial charge >= 0.3 is 0 Å². The van der Waals surface area contributed by atoms with Gasteiger partial charge in [-0.3, -0.25) is 14.5 Å². The second-order valence-corrected chi connectivity index (χ2v) is 9.20. The Labute approximate surface area is 208 Å². The fourth-order valence-corrected chi connectivity index (χ4v) is 4.30. The van der Waals surface area contributed by atoms with Gasteiger partial charge in [-0.15, -0.1) is 0 Å². The topological polar surface area (TPSA) is 80.3 Å². The Balaban J connectivity index is 1.92. The molecule has 1 aliphatic rings. The Morgan fingerprint density at radius 3 is 2.54 bits per heavy atom. The van der Waals surface area contributed by atoms with Crippen molar-refractivity contribution >= 4 is 17.5 Å². The molecule has 0 radical (unpaired) electrons. The number of hydrogen-bond donors (Lipinski definition) is 1. The minimum atomic E-state index is -0.291. The third-order valence-electron chi connectivity index (χ3n) is 6.36. The number of ether oxygens (including phenoxy) is 3. The standard InChI is InChI=1S/C27H37N3O5/c1-19-14-30(15-21-9-7-6-8-10-21)20(2)17-35-24-12-11-22(28-26(31)18-33-4)13-23(24)27(32)29(3)16-25(19)34-5/h6-13,19-20,25H,14-18H2,1-5H3,(H,28,31)/t19-,20+,25+/m0/s1. The number of benzene rings is 2. The fraction of sp³-hybridized carbons (Fsp3) is 0.481. The minimum absolute atomic E-state index is 0.0659. The van der Waals surface area contributed by atoms with Crippen molar-refractivity contribution in [3.8, 4) is 5.75 Å². The Kier molecular flexibility index (Phi) is 9.65. The van der Waals surface area contributed by atoms with Gasteiger partial charge < -0.3 is 24.4 Å². The van der Waals surface area contributed by atoms with Gasteiger partial charge in [0, 0.05) is 52.6 Å². The summed E-state index contributed by atoms with van der Waals surface area (Å²) in [4.78, 5) is 29.5. The summed E-state index contributed by atoms with van der Waals surface area (Å²) in [6.45, 7) is 6.66. The second-order valence-electron chi connectivity index (χ2n) is 9.20. The molecular formula is C27H37N3O5. The molecule has 8 nitrogen and oxygen atoms in total. The average molecular weight is 484 g/mol. The number of fused-ring (bicyclic) bond motifs is 1. The number of amides is 2. The number of likely N-dealkylation sites (N-methyl/N-ethyl adjacent to an activating group) is 1. The third-order valence-corrected chi connectivity index (χ3v) is 6.36. The van der Waals surface area contributed by atoms with Crippen molar-refractivity contribution in [3.05, 3.63) is 59.7 Å². The molecule has 0 spiro atoms. The lowest BCUT2D eigenvalue weighted by molar-refractivity contribution is -0.119. The lowest BCUT2D eigenvalue weighted by atomic mass is 10.0. The van der Waals surface area contributed by atoms with Crippen LogP contribution in [0.2, 0.25) is 0 Å². The van der Waals surface area contributed by atoms with E-state index in [9.17, 15) is 9.59 Å². The largest absolute Gasteiger partial charge is 0.491 e. The molecule has 0 saturated heterocycles. The molecule has 1 heterocycles. The van der Waals surface area contributed by atoms with Crippen molar-refractivity contribution in [2.75, 3.05) is 52.9 Å². The van der Waals surface area contributed by atoms with Crippen molar-refractivity contribution in [3.63, 3.8) is 0 Å². The summed E-state index contributed by atoms with van der Waals surface area (Å²) in [5.41, 5.74) is 2.14. The quantitative estimate of drug-likeness (QED) is 0.679. The zero-order valence-electron chi connectivity index (χ0n) is 21.3. The number of rotatable bonds is 6. The number of carbonyl (C=O) groups is 2. The lowest BCUT2D eigenvalue weighted by Crippen LogP contribution is -2.46. The van der Waals surface area contributed by atoms with Crippen molar-refractivity contribution in [1.82, 2.24) is 9.80 Å². The summed E-state index contributed by atoms with van der Waals surface area (Å²) in [7, 11) is 4.91. The van der Waals surface area contributed by atoms with Gasteiger partial charge in [0.1, 0.15) is 19.0 Å². The Bertz CT molecular complexity index is 984. The van der Waals surface area contributed by atoms with Gasteiger partial charge in [0.15, 0.2) is 0 Å². The molecule has 2 aromatic carbocycles. The Hall–Kier alpha value is -2.94. The van der Waals surface area contributed by atoms with Crippen molar-refractivity contribution < 1.29 is 23.8 Å². The molecule has 0 aliphatic carbocycles. The highest BCUT2D eigenvalue weighted by molar-refractivity contribution is 5.99. The summed E-state index contributed by atoms with van der Waals surface area (Å²) >= 11 is 0. The SMILES string of the molecule is COCC(=O)Nc1ccc2c(c1)C(=O)N(C)C[C@@H](OC)[C@@H](C)CN(Cc1ccccc1)[C@H](C)CO2. The van der Waals surface area contributed by atoms with Gasteiger partial charge in [0.25, 0.3) is 5.91 Å². The second kappa shape index (κ2) is 12.7. The number of anilines is 1. The highest BCUT2D eigenvalue weighted by Gasteiger charge is 2.28.